The molecule has 4 rings (SSSR count). The Morgan fingerprint density at radius 1 is 1.04 bits per heavy atom. The van der Waals surface area contributed by atoms with E-state index in [1.54, 1.807) is 42.3 Å². The number of aromatic nitrogens is 3. The molecule has 134 valence electrons. The van der Waals surface area contributed by atoms with E-state index >= 15 is 0 Å². The van der Waals surface area contributed by atoms with Gasteiger partial charge in [0, 0.05) is 35.7 Å². The Morgan fingerprint density at radius 2 is 1.89 bits per heavy atom. The molecular weight excluding hydrogens is 342 g/mol. The Balaban J connectivity index is 2.04. The van der Waals surface area contributed by atoms with Crippen LogP contribution in [0.3, 0.4) is 0 Å². The molecule has 0 aliphatic rings. The molecule has 3 heterocycles. The second-order valence-corrected chi connectivity index (χ2v) is 6.06. The van der Waals surface area contributed by atoms with Gasteiger partial charge >= 0.3 is 0 Å². The van der Waals surface area contributed by atoms with Crippen molar-refractivity contribution in [3.05, 3.63) is 83.0 Å². The second kappa shape index (κ2) is 6.92. The summed E-state index contributed by atoms with van der Waals surface area (Å²) in [5.74, 6) is 0.555. The maximum Gasteiger partial charge on any atom is 0.251 e. The summed E-state index contributed by atoms with van der Waals surface area (Å²) in [6.07, 6.45) is 3.27. The Bertz CT molecular complexity index is 1150. The summed E-state index contributed by atoms with van der Waals surface area (Å²) in [4.78, 5) is 21.0. The highest BCUT2D eigenvalue weighted by atomic mass is 16.5. The fourth-order valence-corrected chi connectivity index (χ4v) is 3.17. The third-order valence-electron chi connectivity index (χ3n) is 4.42. The molecule has 0 aliphatic heterocycles. The van der Waals surface area contributed by atoms with Gasteiger partial charge in [-0.15, -0.1) is 0 Å². The Morgan fingerprint density at radius 3 is 2.59 bits per heavy atom. The molecule has 0 bridgehead atoms. The smallest absolute Gasteiger partial charge is 0.251 e. The third kappa shape index (κ3) is 3.13. The van der Waals surface area contributed by atoms with Crippen molar-refractivity contribution in [3.8, 4) is 22.8 Å². The van der Waals surface area contributed by atoms with Crippen molar-refractivity contribution in [1.29, 1.82) is 0 Å². The summed E-state index contributed by atoms with van der Waals surface area (Å²) in [7, 11) is 1.59. The van der Waals surface area contributed by atoms with Crippen molar-refractivity contribution in [2.24, 2.45) is 0 Å². The number of pyridine rings is 3. The third-order valence-corrected chi connectivity index (χ3v) is 4.42. The molecule has 0 spiro atoms. The van der Waals surface area contributed by atoms with Crippen molar-refractivity contribution < 1.29 is 9.84 Å². The number of ether oxygens (including phenoxy) is 1. The Labute approximate surface area is 155 Å². The first-order valence-electron chi connectivity index (χ1n) is 8.43. The van der Waals surface area contributed by atoms with Crippen LogP contribution in [0.25, 0.3) is 22.0 Å². The Kier molecular flexibility index (Phi) is 4.30. The minimum absolute atomic E-state index is 0.0659. The van der Waals surface area contributed by atoms with Crippen molar-refractivity contribution in [2.45, 2.75) is 6.54 Å². The van der Waals surface area contributed by atoms with Crippen LogP contribution in [-0.4, -0.2) is 26.8 Å². The summed E-state index contributed by atoms with van der Waals surface area (Å²) < 4.78 is 7.24. The van der Waals surface area contributed by atoms with Gasteiger partial charge in [-0.2, -0.15) is 0 Å². The summed E-state index contributed by atoms with van der Waals surface area (Å²) >= 11 is 0. The normalized spacial score (nSPS) is 10.9. The molecule has 1 aromatic carbocycles. The van der Waals surface area contributed by atoms with Gasteiger partial charge in [0.2, 0.25) is 5.88 Å². The van der Waals surface area contributed by atoms with E-state index < -0.39 is 0 Å². The van der Waals surface area contributed by atoms with Crippen LogP contribution in [0.5, 0.6) is 11.6 Å². The van der Waals surface area contributed by atoms with Crippen LogP contribution in [-0.2, 0) is 6.54 Å². The first-order valence-corrected chi connectivity index (χ1v) is 8.43. The molecule has 0 amide bonds. The van der Waals surface area contributed by atoms with Crippen molar-refractivity contribution >= 4 is 10.9 Å². The van der Waals surface area contributed by atoms with E-state index in [0.29, 0.717) is 12.3 Å². The lowest BCUT2D eigenvalue weighted by Gasteiger charge is -2.17. The average molecular weight is 359 g/mol. The van der Waals surface area contributed by atoms with E-state index in [9.17, 15) is 9.90 Å². The van der Waals surface area contributed by atoms with Crippen LogP contribution in [0.1, 0.15) is 5.69 Å². The molecule has 1 N–H and O–H groups in total. The molecule has 6 heteroatoms. The van der Waals surface area contributed by atoms with E-state index in [1.807, 2.05) is 30.3 Å². The van der Waals surface area contributed by atoms with Crippen molar-refractivity contribution in [2.75, 3.05) is 7.11 Å². The maximum atomic E-state index is 12.7. The molecular formula is C21H17N3O3. The van der Waals surface area contributed by atoms with Crippen LogP contribution in [0.2, 0.25) is 0 Å². The monoisotopic (exact) mass is 359 g/mol. The van der Waals surface area contributed by atoms with Gasteiger partial charge in [0.1, 0.15) is 5.75 Å². The number of methoxy groups -OCH3 is 1. The maximum absolute atomic E-state index is 12.7. The van der Waals surface area contributed by atoms with E-state index in [-0.39, 0.29) is 11.4 Å². The van der Waals surface area contributed by atoms with Crippen LogP contribution >= 0.6 is 0 Å². The second-order valence-electron chi connectivity index (χ2n) is 6.06. The van der Waals surface area contributed by atoms with Gasteiger partial charge in [0.25, 0.3) is 5.56 Å². The lowest BCUT2D eigenvalue weighted by molar-refractivity contribution is 0.416. The molecule has 4 aromatic rings. The number of hydrogen-bond donors (Lipinski definition) is 1. The van der Waals surface area contributed by atoms with Gasteiger partial charge in [-0.3, -0.25) is 9.78 Å². The molecule has 0 unspecified atom stereocenters. The molecule has 0 saturated carbocycles. The zero-order valence-corrected chi connectivity index (χ0v) is 14.7. The SMILES string of the molecule is COc1ccc2ccc(=O)n(Cc3ccccn3)c2c1-c1ccc(O)nc1. The number of nitrogens with zero attached hydrogens (tertiary/aromatic N) is 3. The number of hydrogen-bond acceptors (Lipinski definition) is 5. The molecule has 27 heavy (non-hydrogen) atoms. The molecule has 3 aromatic heterocycles. The van der Waals surface area contributed by atoms with Gasteiger partial charge in [-0.25, -0.2) is 4.98 Å². The number of rotatable bonds is 4. The summed E-state index contributed by atoms with van der Waals surface area (Å²) in [5.41, 5.74) is 2.88. The lowest BCUT2D eigenvalue weighted by atomic mass is 10.0. The standard InChI is InChI=1S/C21H17N3O3/c1-27-17-8-5-14-7-10-19(26)24(13-16-4-2-3-11-22-16)21(14)20(17)15-6-9-18(25)23-12-15/h2-12H,13H2,1H3,(H,23,25). The largest absolute Gasteiger partial charge is 0.496 e. The first-order chi connectivity index (χ1) is 13.2. The van der Waals surface area contributed by atoms with Gasteiger partial charge in [0.15, 0.2) is 0 Å². The molecule has 0 aliphatic carbocycles. The van der Waals surface area contributed by atoms with Crippen LogP contribution in [0.4, 0.5) is 0 Å². The highest BCUT2D eigenvalue weighted by Gasteiger charge is 2.16. The number of aromatic hydroxyl groups is 1. The average Bonchev–Trinajstić information content (AvgIpc) is 2.71. The summed E-state index contributed by atoms with van der Waals surface area (Å²) in [5, 5.41) is 10.4. The van der Waals surface area contributed by atoms with E-state index in [4.69, 9.17) is 4.74 Å². The van der Waals surface area contributed by atoms with Crippen molar-refractivity contribution in [3.63, 3.8) is 0 Å². The predicted molar refractivity (Wildman–Crippen MR) is 103 cm³/mol. The highest BCUT2D eigenvalue weighted by molar-refractivity contribution is 5.97. The summed E-state index contributed by atoms with van der Waals surface area (Å²) in [6.45, 7) is 0.336. The van der Waals surface area contributed by atoms with Crippen LogP contribution in [0.15, 0.2) is 71.8 Å². The summed E-state index contributed by atoms with van der Waals surface area (Å²) in [6, 6.07) is 16.0. The quantitative estimate of drug-likeness (QED) is 0.605. The zero-order valence-electron chi connectivity index (χ0n) is 14.7. The van der Waals surface area contributed by atoms with Crippen LogP contribution in [0, 0.1) is 0 Å². The number of fused-ring (bicyclic) bond motifs is 1. The number of benzene rings is 1. The van der Waals surface area contributed by atoms with Gasteiger partial charge in [-0.1, -0.05) is 6.07 Å². The lowest BCUT2D eigenvalue weighted by Crippen LogP contribution is -2.21. The van der Waals surface area contributed by atoms with E-state index in [2.05, 4.69) is 9.97 Å². The fourth-order valence-electron chi connectivity index (χ4n) is 3.17. The first kappa shape index (κ1) is 16.8. The molecule has 0 radical (unpaired) electrons. The molecule has 0 fully saturated rings. The topological polar surface area (TPSA) is 77.2 Å². The molecule has 6 nitrogen and oxygen atoms in total. The van der Waals surface area contributed by atoms with E-state index in [1.165, 1.54) is 6.07 Å². The van der Waals surface area contributed by atoms with Gasteiger partial charge in [-0.05, 0) is 41.8 Å². The molecule has 0 atom stereocenters. The fraction of sp³-hybridized carbons (Fsp3) is 0.0952. The van der Waals surface area contributed by atoms with Crippen LogP contribution < -0.4 is 10.3 Å². The van der Waals surface area contributed by atoms with E-state index in [0.717, 1.165) is 27.7 Å². The predicted octanol–water partition coefficient (Wildman–Crippen LogP) is 3.22. The minimum Gasteiger partial charge on any atom is -0.496 e. The van der Waals surface area contributed by atoms with Gasteiger partial charge in [0.05, 0.1) is 24.9 Å². The zero-order chi connectivity index (χ0) is 18.8. The molecule has 0 saturated heterocycles. The van der Waals surface area contributed by atoms with Crippen molar-refractivity contribution in [1.82, 2.24) is 14.5 Å². The highest BCUT2D eigenvalue weighted by Crippen LogP contribution is 2.36. The van der Waals surface area contributed by atoms with Gasteiger partial charge < -0.3 is 14.4 Å². The minimum atomic E-state index is -0.130. The Hall–Kier alpha value is -3.67.